The first-order valence-corrected chi connectivity index (χ1v) is 11.4. The number of nitrogens with one attached hydrogen (secondary N) is 2. The summed E-state index contributed by atoms with van der Waals surface area (Å²) in [7, 11) is 1.43. The third-order valence-corrected chi connectivity index (χ3v) is 7.94. The Morgan fingerprint density at radius 1 is 1.25 bits per heavy atom. The topological polar surface area (TPSA) is 68.8 Å². The molecule has 1 aromatic rings. The SMILES string of the molecule is COc1cc([C@@H]2OCC[C@]3(NC(C)=O)C4CC(C[C@@H]23)C(C)(C)N[C@@H]4C)ccc1OC(F)F. The third-order valence-electron chi connectivity index (χ3n) is 7.94. The van der Waals surface area contributed by atoms with Crippen molar-refractivity contribution in [1.29, 1.82) is 0 Å². The van der Waals surface area contributed by atoms with Gasteiger partial charge in [0.2, 0.25) is 5.91 Å². The maximum absolute atomic E-state index is 12.8. The maximum Gasteiger partial charge on any atom is 0.387 e. The summed E-state index contributed by atoms with van der Waals surface area (Å²) in [5.41, 5.74) is 0.438. The van der Waals surface area contributed by atoms with E-state index in [0.717, 1.165) is 24.8 Å². The zero-order valence-corrected chi connectivity index (χ0v) is 19.4. The summed E-state index contributed by atoms with van der Waals surface area (Å²) in [4.78, 5) is 12.4. The third kappa shape index (κ3) is 3.96. The number of hydrogen-bond donors (Lipinski definition) is 2. The maximum atomic E-state index is 12.8. The van der Waals surface area contributed by atoms with Crippen molar-refractivity contribution >= 4 is 5.91 Å². The molecule has 3 aliphatic rings. The van der Waals surface area contributed by atoms with Gasteiger partial charge in [0.25, 0.3) is 0 Å². The van der Waals surface area contributed by atoms with Crippen LogP contribution in [0.1, 0.15) is 58.6 Å². The Bertz CT molecular complexity index is 864. The van der Waals surface area contributed by atoms with Gasteiger partial charge in [-0.2, -0.15) is 8.78 Å². The standard InChI is InChI=1S/C24H34F2N2O4/c1-13-17-11-16(23(3,4)27-13)12-18-21(31-9-8-24(17,18)28-14(2)29)15-6-7-19(32-22(25)26)20(10-15)30-5/h6-7,10,13,16-18,21-22,27H,8-9,11-12H2,1-5H3,(H,28,29)/t13-,16?,17?,18+,21+,24+/m1/s1. The van der Waals surface area contributed by atoms with Crippen LogP contribution >= 0.6 is 0 Å². The lowest BCUT2D eigenvalue weighted by Gasteiger charge is -2.63. The first-order valence-electron chi connectivity index (χ1n) is 11.4. The Balaban J connectivity index is 1.75. The van der Waals surface area contributed by atoms with Gasteiger partial charge < -0.3 is 24.8 Å². The summed E-state index contributed by atoms with van der Waals surface area (Å²) in [6, 6.07) is 5.25. The van der Waals surface area contributed by atoms with Crippen LogP contribution in [0.3, 0.4) is 0 Å². The normalized spacial score (nSPS) is 35.7. The molecule has 2 unspecified atom stereocenters. The van der Waals surface area contributed by atoms with Gasteiger partial charge in [0.1, 0.15) is 0 Å². The van der Waals surface area contributed by atoms with E-state index < -0.39 is 6.61 Å². The number of rotatable bonds is 5. The van der Waals surface area contributed by atoms with Crippen molar-refractivity contribution in [2.24, 2.45) is 17.8 Å². The number of methoxy groups -OCH3 is 1. The fraction of sp³-hybridized carbons (Fsp3) is 0.708. The lowest BCUT2D eigenvalue weighted by molar-refractivity contribution is -0.160. The molecule has 2 bridgehead atoms. The average Bonchev–Trinajstić information content (AvgIpc) is 2.70. The number of carbonyl (C=O) groups excluding carboxylic acids is 1. The largest absolute Gasteiger partial charge is 0.493 e. The van der Waals surface area contributed by atoms with E-state index in [1.54, 1.807) is 19.1 Å². The number of benzene rings is 1. The van der Waals surface area contributed by atoms with Gasteiger partial charge in [-0.1, -0.05) is 6.07 Å². The molecule has 1 amide bonds. The number of hydrogen-bond acceptors (Lipinski definition) is 5. The number of piperidine rings is 1. The molecule has 3 fully saturated rings. The molecule has 2 saturated heterocycles. The number of halogens is 2. The summed E-state index contributed by atoms with van der Waals surface area (Å²) in [5.74, 6) is 0.966. The molecule has 6 atom stereocenters. The highest BCUT2D eigenvalue weighted by Gasteiger charge is 2.61. The Morgan fingerprint density at radius 2 is 1.97 bits per heavy atom. The second-order valence-corrected chi connectivity index (χ2v) is 10.1. The molecule has 0 radical (unpaired) electrons. The van der Waals surface area contributed by atoms with Gasteiger partial charge in [0.05, 0.1) is 18.8 Å². The van der Waals surface area contributed by atoms with Crippen LogP contribution in [0.2, 0.25) is 0 Å². The van der Waals surface area contributed by atoms with Crippen LogP contribution in [0.5, 0.6) is 11.5 Å². The van der Waals surface area contributed by atoms with Crippen molar-refractivity contribution in [3.8, 4) is 11.5 Å². The smallest absolute Gasteiger partial charge is 0.387 e. The summed E-state index contributed by atoms with van der Waals surface area (Å²) in [6.07, 6.45) is 2.42. The second-order valence-electron chi connectivity index (χ2n) is 10.1. The Labute approximate surface area is 188 Å². The van der Waals surface area contributed by atoms with Gasteiger partial charge in [0.15, 0.2) is 11.5 Å². The molecule has 0 aromatic heterocycles. The van der Waals surface area contributed by atoms with Gasteiger partial charge in [0, 0.05) is 31.0 Å². The average molecular weight is 453 g/mol. The molecule has 1 aromatic carbocycles. The van der Waals surface area contributed by atoms with E-state index in [1.807, 2.05) is 0 Å². The first-order chi connectivity index (χ1) is 15.1. The lowest BCUT2D eigenvalue weighted by Crippen LogP contribution is -2.73. The second kappa shape index (κ2) is 8.45. The van der Waals surface area contributed by atoms with Gasteiger partial charge in [-0.3, -0.25) is 4.79 Å². The highest BCUT2D eigenvalue weighted by Crippen LogP contribution is 2.57. The van der Waals surface area contributed by atoms with Crippen LogP contribution in [0.15, 0.2) is 18.2 Å². The van der Waals surface area contributed by atoms with Gasteiger partial charge in [-0.25, -0.2) is 0 Å². The van der Waals surface area contributed by atoms with E-state index in [0.29, 0.717) is 12.5 Å². The zero-order valence-electron chi connectivity index (χ0n) is 19.4. The summed E-state index contributed by atoms with van der Waals surface area (Å²) >= 11 is 0. The Hall–Kier alpha value is -1.93. The van der Waals surface area contributed by atoms with E-state index in [1.165, 1.54) is 13.2 Å². The molecule has 32 heavy (non-hydrogen) atoms. The fourth-order valence-corrected chi connectivity index (χ4v) is 6.64. The molecule has 1 aliphatic carbocycles. The number of alkyl halides is 2. The minimum atomic E-state index is -2.93. The van der Waals surface area contributed by atoms with Crippen LogP contribution < -0.4 is 20.1 Å². The van der Waals surface area contributed by atoms with Crippen LogP contribution in [-0.2, 0) is 9.53 Å². The highest BCUT2D eigenvalue weighted by molar-refractivity contribution is 5.74. The zero-order chi connectivity index (χ0) is 23.3. The fourth-order valence-electron chi connectivity index (χ4n) is 6.64. The molecular weight excluding hydrogens is 418 g/mol. The molecule has 1 saturated carbocycles. The van der Waals surface area contributed by atoms with Crippen molar-refractivity contribution < 1.29 is 27.8 Å². The quantitative estimate of drug-likeness (QED) is 0.706. The van der Waals surface area contributed by atoms with E-state index in [2.05, 4.69) is 36.1 Å². The molecule has 4 rings (SSSR count). The highest BCUT2D eigenvalue weighted by atomic mass is 19.3. The monoisotopic (exact) mass is 452 g/mol. The van der Waals surface area contributed by atoms with Crippen LogP contribution in [0.25, 0.3) is 0 Å². The summed E-state index contributed by atoms with van der Waals surface area (Å²) in [6.45, 7) is 5.85. The number of ether oxygens (including phenoxy) is 3. The van der Waals surface area contributed by atoms with Crippen LogP contribution in [0, 0.1) is 17.8 Å². The van der Waals surface area contributed by atoms with Crippen molar-refractivity contribution in [3.63, 3.8) is 0 Å². The number of amides is 1. The van der Waals surface area contributed by atoms with Crippen molar-refractivity contribution in [1.82, 2.24) is 10.6 Å². The molecule has 178 valence electrons. The molecule has 2 N–H and O–H groups in total. The minimum Gasteiger partial charge on any atom is -0.493 e. The molecule has 2 heterocycles. The van der Waals surface area contributed by atoms with Crippen LogP contribution in [-0.4, -0.2) is 43.4 Å². The van der Waals surface area contributed by atoms with Gasteiger partial charge >= 0.3 is 6.61 Å². The van der Waals surface area contributed by atoms with Crippen LogP contribution in [0.4, 0.5) is 8.78 Å². The van der Waals surface area contributed by atoms with Crippen molar-refractivity contribution in [2.45, 2.75) is 76.8 Å². The van der Waals surface area contributed by atoms with Gasteiger partial charge in [-0.05, 0) is 69.6 Å². The molecule has 2 aliphatic heterocycles. The van der Waals surface area contributed by atoms with Crippen molar-refractivity contribution in [3.05, 3.63) is 23.8 Å². The lowest BCUT2D eigenvalue weighted by atomic mass is 9.52. The molecule has 8 heteroatoms. The summed E-state index contributed by atoms with van der Waals surface area (Å²) in [5, 5.41) is 7.15. The Kier molecular flexibility index (Phi) is 6.13. The van der Waals surface area contributed by atoms with E-state index in [9.17, 15) is 13.6 Å². The van der Waals surface area contributed by atoms with Gasteiger partial charge in [-0.15, -0.1) is 0 Å². The predicted molar refractivity (Wildman–Crippen MR) is 116 cm³/mol. The van der Waals surface area contributed by atoms with Crippen molar-refractivity contribution in [2.75, 3.05) is 13.7 Å². The molecular formula is C24H34F2N2O4. The number of carbonyl (C=O) groups is 1. The first kappa shape index (κ1) is 23.2. The van der Waals surface area contributed by atoms with E-state index >= 15 is 0 Å². The minimum absolute atomic E-state index is 0.00495. The number of fused-ring (bicyclic) bond motifs is 4. The molecule has 0 spiro atoms. The van der Waals surface area contributed by atoms with E-state index in [4.69, 9.17) is 9.47 Å². The Morgan fingerprint density at radius 3 is 2.62 bits per heavy atom. The summed E-state index contributed by atoms with van der Waals surface area (Å²) < 4.78 is 41.8. The van der Waals surface area contributed by atoms with E-state index in [-0.39, 0.29) is 52.5 Å². The molecule has 6 nitrogen and oxygen atoms in total. The predicted octanol–water partition coefficient (Wildman–Crippen LogP) is 4.05.